The summed E-state index contributed by atoms with van der Waals surface area (Å²) in [6.07, 6.45) is 30.0. The van der Waals surface area contributed by atoms with Crippen molar-refractivity contribution in [2.75, 3.05) is 13.1 Å². The molecule has 0 fully saturated rings. The summed E-state index contributed by atoms with van der Waals surface area (Å²) in [5, 5.41) is 2.62. The van der Waals surface area contributed by atoms with Crippen molar-refractivity contribution < 1.29 is 47.8 Å². The SMILES string of the molecule is CCCCCCCCCCCCc1ccccc1S(=O)(=O)[O-].CCCCCCCCCCCCc1ccccc1S(=O)(=O)[O-].NCCNC(=O)[C@@H](N)Cc1cnc[nH]1.[Cu+2]. The molecule has 1 atom stereocenters. The van der Waals surface area contributed by atoms with Crippen molar-refractivity contribution >= 4 is 26.1 Å². The van der Waals surface area contributed by atoms with Crippen molar-refractivity contribution in [2.45, 2.75) is 177 Å². The van der Waals surface area contributed by atoms with Crippen molar-refractivity contribution in [1.29, 1.82) is 0 Å². The van der Waals surface area contributed by atoms with Gasteiger partial charge in [-0.25, -0.2) is 21.8 Å². The molecule has 3 aromatic rings. The Morgan fingerprint density at radius 2 is 1.03 bits per heavy atom. The molecule has 6 N–H and O–H groups in total. The van der Waals surface area contributed by atoms with Crippen LogP contribution in [0.1, 0.15) is 159 Å². The van der Waals surface area contributed by atoms with E-state index in [0.717, 1.165) is 31.4 Å². The first-order chi connectivity index (χ1) is 27.8. The van der Waals surface area contributed by atoms with E-state index in [1.54, 1.807) is 48.9 Å². The van der Waals surface area contributed by atoms with Gasteiger partial charge < -0.3 is 30.9 Å². The molecule has 15 heteroatoms. The number of carbonyl (C=O) groups excluding carboxylic acids is 1. The number of aryl methyl sites for hydroxylation is 2. The average Bonchev–Trinajstić information content (AvgIpc) is 3.71. The maximum absolute atomic E-state index is 11.3. The first-order valence-corrected chi connectivity index (χ1v) is 24.4. The van der Waals surface area contributed by atoms with E-state index >= 15 is 0 Å². The molecule has 0 bridgehead atoms. The van der Waals surface area contributed by atoms with Gasteiger partial charge in [-0.3, -0.25) is 4.79 Å². The quantitative estimate of drug-likeness (QED) is 0.0295. The summed E-state index contributed by atoms with van der Waals surface area (Å²) in [7, 11) is -8.69. The number of imidazole rings is 1. The van der Waals surface area contributed by atoms with Crippen LogP contribution in [0.2, 0.25) is 0 Å². The summed E-state index contributed by atoms with van der Waals surface area (Å²) in [6, 6.07) is 12.6. The second-order valence-electron chi connectivity index (χ2n) is 15.0. The summed E-state index contributed by atoms with van der Waals surface area (Å²) in [6.45, 7) is 5.34. The number of hydrogen-bond acceptors (Lipinski definition) is 10. The fourth-order valence-corrected chi connectivity index (χ4v) is 8.04. The third-order valence-corrected chi connectivity index (χ3v) is 11.7. The average molecular weight is 912 g/mol. The van der Waals surface area contributed by atoms with Crippen LogP contribution < -0.4 is 16.8 Å². The van der Waals surface area contributed by atoms with E-state index in [0.29, 0.717) is 43.5 Å². The van der Waals surface area contributed by atoms with Crippen molar-refractivity contribution in [3.63, 3.8) is 0 Å². The second kappa shape index (κ2) is 35.0. The van der Waals surface area contributed by atoms with Gasteiger partial charge >= 0.3 is 17.1 Å². The Kier molecular flexibility index (Phi) is 33.5. The predicted molar refractivity (Wildman–Crippen MR) is 232 cm³/mol. The topological polar surface area (TPSA) is 224 Å². The standard InChI is InChI=1S/2C18H30O3S.C8H15N5O.Cu/c2*1-2-3-4-5-6-7-8-9-10-11-14-17-15-12-13-16-18(17)22(19,20)21;9-1-2-12-8(14)7(10)3-6-4-11-5-13-6;/h2*12-13,15-16H,2-11,14H2,1H3,(H,19,20,21);4-5,7H,1-3,9-10H2,(H,11,13)(H,12,14);/q;;;+2/p-2/t;;7-;/m..0./s1. The number of aromatic nitrogens is 2. The van der Waals surface area contributed by atoms with Gasteiger partial charge in [0.15, 0.2) is 0 Å². The van der Waals surface area contributed by atoms with Crippen LogP contribution in [-0.2, 0) is 61.4 Å². The zero-order valence-electron chi connectivity index (χ0n) is 35.6. The molecule has 0 unspecified atom stereocenters. The number of unbranched alkanes of at least 4 members (excludes halogenated alkanes) is 18. The van der Waals surface area contributed by atoms with Gasteiger partial charge in [0.2, 0.25) is 5.91 Å². The molecule has 1 radical (unpaired) electrons. The van der Waals surface area contributed by atoms with Gasteiger partial charge in [-0.15, -0.1) is 0 Å². The minimum absolute atomic E-state index is 0. The Morgan fingerprint density at radius 3 is 1.37 bits per heavy atom. The zero-order valence-corrected chi connectivity index (χ0v) is 38.2. The first kappa shape index (κ1) is 56.4. The summed E-state index contributed by atoms with van der Waals surface area (Å²) in [4.78, 5) is 17.9. The maximum Gasteiger partial charge on any atom is 2.00 e. The summed E-state index contributed by atoms with van der Waals surface area (Å²) < 4.78 is 67.1. The number of nitrogens with one attached hydrogen (secondary N) is 2. The second-order valence-corrected chi connectivity index (χ2v) is 17.7. The van der Waals surface area contributed by atoms with Gasteiger partial charge in [0, 0.05) is 31.4 Å². The van der Waals surface area contributed by atoms with E-state index in [1.165, 1.54) is 115 Å². The van der Waals surface area contributed by atoms with Crippen LogP contribution in [0.4, 0.5) is 0 Å². The molecule has 0 aliphatic carbocycles. The van der Waals surface area contributed by atoms with E-state index in [-0.39, 0.29) is 32.8 Å². The van der Waals surface area contributed by atoms with Gasteiger partial charge in [0.1, 0.15) is 20.2 Å². The number of H-pyrrole nitrogens is 1. The summed E-state index contributed by atoms with van der Waals surface area (Å²) in [5.74, 6) is -0.190. The van der Waals surface area contributed by atoms with Crippen LogP contribution in [0, 0.1) is 0 Å². The van der Waals surface area contributed by atoms with Gasteiger partial charge in [0.05, 0.1) is 22.2 Å². The van der Waals surface area contributed by atoms with E-state index in [1.807, 2.05) is 0 Å². The Morgan fingerprint density at radius 1 is 0.661 bits per heavy atom. The third kappa shape index (κ3) is 28.5. The van der Waals surface area contributed by atoms with E-state index in [4.69, 9.17) is 11.5 Å². The molecule has 0 aliphatic rings. The summed E-state index contributed by atoms with van der Waals surface area (Å²) in [5.41, 5.74) is 13.1. The van der Waals surface area contributed by atoms with Crippen LogP contribution >= 0.6 is 0 Å². The van der Waals surface area contributed by atoms with Crippen LogP contribution in [0.25, 0.3) is 0 Å². The number of hydrogen-bond donors (Lipinski definition) is 4. The van der Waals surface area contributed by atoms with Crippen molar-refractivity contribution in [3.8, 4) is 0 Å². The van der Waals surface area contributed by atoms with Crippen LogP contribution in [0.5, 0.6) is 0 Å². The number of aromatic amines is 1. The number of amides is 1. The Labute approximate surface area is 367 Å². The van der Waals surface area contributed by atoms with Crippen molar-refractivity contribution in [1.82, 2.24) is 15.3 Å². The molecule has 59 heavy (non-hydrogen) atoms. The normalized spacial score (nSPS) is 11.7. The van der Waals surface area contributed by atoms with E-state index in [9.17, 15) is 30.7 Å². The Balaban J connectivity index is 0.000000870. The molecule has 0 aliphatic heterocycles. The molecule has 1 amide bonds. The molecule has 0 saturated heterocycles. The van der Waals surface area contributed by atoms with Gasteiger partial charge in [0.25, 0.3) is 0 Å². The first-order valence-electron chi connectivity index (χ1n) is 21.6. The number of carbonyl (C=O) groups is 1. The van der Waals surface area contributed by atoms with E-state index < -0.39 is 26.3 Å². The Hall–Kier alpha value is -2.62. The zero-order chi connectivity index (χ0) is 42.9. The minimum atomic E-state index is -4.35. The van der Waals surface area contributed by atoms with Crippen LogP contribution in [-0.4, -0.2) is 60.9 Å². The predicted octanol–water partition coefficient (Wildman–Crippen LogP) is 8.46. The maximum atomic E-state index is 11.3. The van der Waals surface area contributed by atoms with Gasteiger partial charge in [-0.05, 0) is 48.9 Å². The molecule has 2 aromatic carbocycles. The molecule has 339 valence electrons. The number of benzene rings is 2. The molecule has 0 saturated carbocycles. The van der Waals surface area contributed by atoms with Crippen LogP contribution in [0.15, 0.2) is 70.8 Å². The molecule has 0 spiro atoms. The third-order valence-electron chi connectivity index (χ3n) is 9.86. The number of rotatable bonds is 29. The molecule has 1 aromatic heterocycles. The Bertz CT molecular complexity index is 1600. The molecule has 1 heterocycles. The minimum Gasteiger partial charge on any atom is -0.744 e. The fourth-order valence-electron chi connectivity index (χ4n) is 6.57. The fraction of sp³-hybridized carbons (Fsp3) is 0.636. The van der Waals surface area contributed by atoms with Crippen molar-refractivity contribution in [3.05, 3.63) is 77.9 Å². The van der Waals surface area contributed by atoms with Gasteiger partial charge in [-0.2, -0.15) is 0 Å². The monoisotopic (exact) mass is 910 g/mol. The number of nitrogens with zero attached hydrogens (tertiary/aromatic N) is 1. The molecule has 3 rings (SSSR count). The molecular formula is C44H73CuN5O7S2. The van der Waals surface area contributed by atoms with Crippen molar-refractivity contribution in [2.24, 2.45) is 11.5 Å². The summed E-state index contributed by atoms with van der Waals surface area (Å²) >= 11 is 0. The van der Waals surface area contributed by atoms with Crippen LogP contribution in [0.3, 0.4) is 0 Å². The van der Waals surface area contributed by atoms with E-state index in [2.05, 4.69) is 29.1 Å². The number of nitrogens with two attached hydrogens (primary N) is 2. The molecule has 12 nitrogen and oxygen atoms in total. The van der Waals surface area contributed by atoms with Gasteiger partial charge in [-0.1, -0.05) is 166 Å². The smallest absolute Gasteiger partial charge is 0.744 e. The largest absolute Gasteiger partial charge is 2.00 e. The molecular weight excluding hydrogens is 838 g/mol.